The standard InChI is InChI=1S/C21H21NO.C9H10F2O2S.C2H6/c1-4-7-16-13(2)10-11-19(23)20(16)18-12-14(3)15-8-5-6-9-17(15)21(18)22;1-9(10,11)7-3-5-8(6-4-7)14(2,12)13;1-2/h4-12,23H,22H2,1-3H3;3-6H,1-2H3;1-2H3/b7-4-;;. The van der Waals surface area contributed by atoms with Gasteiger partial charge in [-0.2, -0.15) is 0 Å². The third-order valence-corrected chi connectivity index (χ3v) is 7.26. The van der Waals surface area contributed by atoms with Gasteiger partial charge in [-0.3, -0.25) is 0 Å². The molecule has 0 saturated carbocycles. The molecular formula is C32H37F2NO3S. The number of aromatic hydroxyl groups is 1. The van der Waals surface area contributed by atoms with Gasteiger partial charge in [-0.25, -0.2) is 17.2 Å². The Balaban J connectivity index is 0.000000287. The minimum Gasteiger partial charge on any atom is -0.507 e. The molecule has 0 heterocycles. The lowest BCUT2D eigenvalue weighted by molar-refractivity contribution is 0.0174. The van der Waals surface area contributed by atoms with E-state index in [9.17, 15) is 22.3 Å². The second-order valence-corrected chi connectivity index (χ2v) is 11.1. The maximum absolute atomic E-state index is 12.7. The molecule has 0 unspecified atom stereocenters. The monoisotopic (exact) mass is 553 g/mol. The molecule has 4 rings (SSSR count). The van der Waals surface area contributed by atoms with Crippen molar-refractivity contribution in [1.82, 2.24) is 0 Å². The van der Waals surface area contributed by atoms with Crippen molar-refractivity contribution < 1.29 is 22.3 Å². The fourth-order valence-corrected chi connectivity index (χ4v) is 4.79. The van der Waals surface area contributed by atoms with Gasteiger partial charge in [0, 0.05) is 40.9 Å². The molecule has 0 bridgehead atoms. The van der Waals surface area contributed by atoms with E-state index in [0.717, 1.165) is 63.9 Å². The lowest BCUT2D eigenvalue weighted by Gasteiger charge is -2.17. The van der Waals surface area contributed by atoms with Crippen LogP contribution in [0.25, 0.3) is 28.0 Å². The van der Waals surface area contributed by atoms with E-state index in [1.807, 2.05) is 64.1 Å². The van der Waals surface area contributed by atoms with E-state index in [-0.39, 0.29) is 16.2 Å². The van der Waals surface area contributed by atoms with Crippen molar-refractivity contribution in [3.05, 3.63) is 95.1 Å². The predicted molar refractivity (Wildman–Crippen MR) is 160 cm³/mol. The van der Waals surface area contributed by atoms with Crippen LogP contribution in [0.5, 0.6) is 5.75 Å². The Bertz CT molecular complexity index is 1570. The van der Waals surface area contributed by atoms with Crippen LogP contribution in [-0.2, 0) is 15.8 Å². The minimum absolute atomic E-state index is 0.0468. The van der Waals surface area contributed by atoms with Crippen LogP contribution in [0.3, 0.4) is 0 Å². The highest BCUT2D eigenvalue weighted by Gasteiger charge is 2.24. The number of anilines is 1. The maximum Gasteiger partial charge on any atom is 0.270 e. The second kappa shape index (κ2) is 12.9. The third kappa shape index (κ3) is 7.45. The van der Waals surface area contributed by atoms with Crippen LogP contribution in [0.4, 0.5) is 14.5 Å². The Kier molecular flexibility index (Phi) is 10.4. The number of fused-ring (bicyclic) bond motifs is 1. The first-order valence-corrected chi connectivity index (χ1v) is 14.6. The summed E-state index contributed by atoms with van der Waals surface area (Å²) in [6.45, 7) is 10.9. The molecule has 7 heteroatoms. The zero-order chi connectivity index (χ0) is 29.5. The number of rotatable bonds is 4. The largest absolute Gasteiger partial charge is 0.507 e. The van der Waals surface area contributed by atoms with Crippen molar-refractivity contribution in [3.63, 3.8) is 0 Å². The second-order valence-electron chi connectivity index (χ2n) is 9.08. The number of allylic oxidation sites excluding steroid dienone is 1. The SMILES string of the molecule is C/C=C\c1c(C)ccc(O)c1-c1cc(C)c2ccccc2c1N.CC.CC(F)(F)c1ccc(S(C)(=O)=O)cc1. The lowest BCUT2D eigenvalue weighted by atomic mass is 9.90. The van der Waals surface area contributed by atoms with Gasteiger partial charge in [-0.15, -0.1) is 0 Å². The van der Waals surface area contributed by atoms with Crippen molar-refractivity contribution in [1.29, 1.82) is 0 Å². The number of aryl methyl sites for hydroxylation is 2. The number of phenols is 1. The van der Waals surface area contributed by atoms with E-state index in [2.05, 4.69) is 19.1 Å². The van der Waals surface area contributed by atoms with Crippen LogP contribution in [0.1, 0.15) is 49.9 Å². The van der Waals surface area contributed by atoms with E-state index in [1.54, 1.807) is 6.07 Å². The summed E-state index contributed by atoms with van der Waals surface area (Å²) in [4.78, 5) is 0.0468. The molecule has 0 spiro atoms. The molecule has 0 aliphatic carbocycles. The van der Waals surface area contributed by atoms with Crippen molar-refractivity contribution in [3.8, 4) is 16.9 Å². The van der Waals surface area contributed by atoms with E-state index < -0.39 is 15.8 Å². The molecule has 4 aromatic carbocycles. The summed E-state index contributed by atoms with van der Waals surface area (Å²) < 4.78 is 47.5. The van der Waals surface area contributed by atoms with Gasteiger partial charge < -0.3 is 10.8 Å². The molecule has 3 N–H and O–H groups in total. The van der Waals surface area contributed by atoms with Gasteiger partial charge in [0.15, 0.2) is 9.84 Å². The zero-order valence-electron chi connectivity index (χ0n) is 23.5. The number of halogens is 2. The molecule has 0 aliphatic rings. The van der Waals surface area contributed by atoms with Crippen LogP contribution in [0, 0.1) is 13.8 Å². The molecule has 0 saturated heterocycles. The summed E-state index contributed by atoms with van der Waals surface area (Å²) in [6, 6.07) is 18.5. The quantitative estimate of drug-likeness (QED) is 0.248. The molecule has 0 fully saturated rings. The molecule has 4 aromatic rings. The molecule has 0 radical (unpaired) electrons. The highest BCUT2D eigenvalue weighted by Crippen LogP contribution is 2.42. The number of nitrogens with two attached hydrogens (primary N) is 1. The molecule has 0 aromatic heterocycles. The summed E-state index contributed by atoms with van der Waals surface area (Å²) in [7, 11) is -3.31. The first-order valence-electron chi connectivity index (χ1n) is 12.7. The fraction of sp³-hybridized carbons (Fsp3) is 0.250. The molecule has 0 aliphatic heterocycles. The zero-order valence-corrected chi connectivity index (χ0v) is 24.3. The van der Waals surface area contributed by atoms with Gasteiger partial charge >= 0.3 is 0 Å². The number of phenolic OH excluding ortho intramolecular Hbond substituents is 1. The van der Waals surface area contributed by atoms with E-state index in [4.69, 9.17) is 5.73 Å². The highest BCUT2D eigenvalue weighted by molar-refractivity contribution is 7.90. The summed E-state index contributed by atoms with van der Waals surface area (Å²) in [5, 5.41) is 12.7. The summed E-state index contributed by atoms with van der Waals surface area (Å²) in [6.07, 6.45) is 5.04. The van der Waals surface area contributed by atoms with Crippen molar-refractivity contribution in [2.75, 3.05) is 12.0 Å². The van der Waals surface area contributed by atoms with Crippen LogP contribution in [0.2, 0.25) is 0 Å². The van der Waals surface area contributed by atoms with E-state index in [0.29, 0.717) is 5.69 Å². The van der Waals surface area contributed by atoms with Gasteiger partial charge in [0.1, 0.15) is 5.75 Å². The van der Waals surface area contributed by atoms with Crippen LogP contribution >= 0.6 is 0 Å². The number of hydrogen-bond donors (Lipinski definition) is 2. The number of hydrogen-bond acceptors (Lipinski definition) is 4. The van der Waals surface area contributed by atoms with Gasteiger partial charge in [-0.1, -0.05) is 68.5 Å². The number of alkyl halides is 2. The third-order valence-electron chi connectivity index (χ3n) is 6.13. The Morgan fingerprint density at radius 1 is 0.897 bits per heavy atom. The summed E-state index contributed by atoms with van der Waals surface area (Å²) in [5.74, 6) is -2.68. The van der Waals surface area contributed by atoms with Crippen molar-refractivity contribution in [2.24, 2.45) is 0 Å². The first kappa shape index (κ1) is 31.5. The molecular weight excluding hydrogens is 516 g/mol. The first-order chi connectivity index (χ1) is 18.3. The van der Waals surface area contributed by atoms with Crippen LogP contribution in [0.15, 0.2) is 77.7 Å². The maximum atomic E-state index is 12.7. The van der Waals surface area contributed by atoms with Crippen molar-refractivity contribution >= 4 is 32.4 Å². The smallest absolute Gasteiger partial charge is 0.270 e. The Hall–Kier alpha value is -3.71. The normalized spacial score (nSPS) is 11.5. The Morgan fingerprint density at radius 2 is 1.46 bits per heavy atom. The molecule has 39 heavy (non-hydrogen) atoms. The fourth-order valence-electron chi connectivity index (χ4n) is 4.16. The Labute approximate surface area is 230 Å². The molecule has 4 nitrogen and oxygen atoms in total. The minimum atomic E-state index is -3.31. The molecule has 208 valence electrons. The summed E-state index contributed by atoms with van der Waals surface area (Å²) >= 11 is 0. The summed E-state index contributed by atoms with van der Waals surface area (Å²) in [5.41, 5.74) is 11.9. The molecule has 0 amide bonds. The number of sulfone groups is 1. The van der Waals surface area contributed by atoms with Crippen molar-refractivity contribution in [2.45, 2.75) is 52.4 Å². The van der Waals surface area contributed by atoms with Gasteiger partial charge in [0.05, 0.1) is 4.90 Å². The van der Waals surface area contributed by atoms with Gasteiger partial charge in [0.2, 0.25) is 0 Å². The average Bonchev–Trinajstić information content (AvgIpc) is 2.90. The van der Waals surface area contributed by atoms with Gasteiger partial charge in [-0.05, 0) is 67.1 Å². The van der Waals surface area contributed by atoms with Gasteiger partial charge in [0.25, 0.3) is 5.92 Å². The number of benzene rings is 4. The average molecular weight is 554 g/mol. The topological polar surface area (TPSA) is 80.4 Å². The van der Waals surface area contributed by atoms with Crippen LogP contribution < -0.4 is 5.73 Å². The number of nitrogen functional groups attached to an aromatic ring is 1. The molecule has 0 atom stereocenters. The Morgan fingerprint density at radius 3 is 1.97 bits per heavy atom. The van der Waals surface area contributed by atoms with E-state index in [1.165, 1.54) is 12.1 Å². The predicted octanol–water partition coefficient (Wildman–Crippen LogP) is 8.67. The van der Waals surface area contributed by atoms with E-state index >= 15 is 0 Å². The highest BCUT2D eigenvalue weighted by atomic mass is 32.2. The lowest BCUT2D eigenvalue weighted by Crippen LogP contribution is -2.07. The van der Waals surface area contributed by atoms with Crippen LogP contribution in [-0.4, -0.2) is 19.8 Å².